The van der Waals surface area contributed by atoms with Crippen LogP contribution in [0.3, 0.4) is 0 Å². The van der Waals surface area contributed by atoms with E-state index in [1.807, 2.05) is 18.0 Å². The predicted molar refractivity (Wildman–Crippen MR) is 78.7 cm³/mol. The molecule has 0 aromatic rings. The summed E-state index contributed by atoms with van der Waals surface area (Å²) in [5.74, 6) is 2.11. The van der Waals surface area contributed by atoms with Crippen molar-refractivity contribution in [1.29, 1.82) is 0 Å². The van der Waals surface area contributed by atoms with Gasteiger partial charge in [0.25, 0.3) is 0 Å². The Morgan fingerprint density at radius 1 is 1.53 bits per heavy atom. The number of nitrogens with one attached hydrogen (secondary N) is 1. The lowest BCUT2D eigenvalue weighted by Gasteiger charge is -2.22. The summed E-state index contributed by atoms with van der Waals surface area (Å²) in [6, 6.07) is 0.00288. The minimum Gasteiger partial charge on any atom is -0.351 e. The number of rotatable bonds is 7. The van der Waals surface area contributed by atoms with Crippen LogP contribution in [0.5, 0.6) is 0 Å². The first kappa shape index (κ1) is 15.2. The van der Waals surface area contributed by atoms with Gasteiger partial charge in [0.05, 0.1) is 6.04 Å². The van der Waals surface area contributed by atoms with Crippen LogP contribution in [0.2, 0.25) is 0 Å². The summed E-state index contributed by atoms with van der Waals surface area (Å²) in [5.41, 5.74) is 5.87. The molecule has 1 rings (SSSR count). The van der Waals surface area contributed by atoms with E-state index in [1.54, 1.807) is 11.8 Å². The highest BCUT2D eigenvalue weighted by molar-refractivity contribution is 7.99. The van der Waals surface area contributed by atoms with Crippen LogP contribution < -0.4 is 11.1 Å². The molecule has 1 aliphatic carbocycles. The normalized spacial score (nSPS) is 25.8. The zero-order valence-corrected chi connectivity index (χ0v) is 12.4. The Kier molecular flexibility index (Phi) is 7.39. The summed E-state index contributed by atoms with van der Waals surface area (Å²) in [4.78, 5) is 11.9. The van der Waals surface area contributed by atoms with Gasteiger partial charge in [-0.1, -0.05) is 13.3 Å². The molecule has 0 heterocycles. The van der Waals surface area contributed by atoms with E-state index in [0.29, 0.717) is 11.3 Å². The Morgan fingerprint density at radius 3 is 2.94 bits per heavy atom. The molecule has 1 saturated carbocycles. The summed E-state index contributed by atoms with van der Waals surface area (Å²) in [7, 11) is 0. The van der Waals surface area contributed by atoms with Crippen molar-refractivity contribution < 1.29 is 4.79 Å². The Balaban J connectivity index is 2.33. The molecule has 0 radical (unpaired) electrons. The fourth-order valence-electron chi connectivity index (χ4n) is 2.17. The van der Waals surface area contributed by atoms with Gasteiger partial charge in [-0.05, 0) is 37.0 Å². The molecule has 1 aliphatic rings. The molecular weight excluding hydrogens is 252 g/mol. The lowest BCUT2D eigenvalue weighted by Crippen LogP contribution is -2.47. The maximum absolute atomic E-state index is 11.9. The molecule has 0 aromatic carbocycles. The van der Waals surface area contributed by atoms with Gasteiger partial charge in [-0.3, -0.25) is 4.79 Å². The second-order valence-corrected chi connectivity index (χ2v) is 6.93. The van der Waals surface area contributed by atoms with Crippen molar-refractivity contribution in [3.63, 3.8) is 0 Å². The third kappa shape index (κ3) is 5.10. The van der Waals surface area contributed by atoms with Crippen LogP contribution in [0, 0.1) is 0 Å². The highest BCUT2D eigenvalue weighted by Crippen LogP contribution is 2.29. The molecule has 17 heavy (non-hydrogen) atoms. The van der Waals surface area contributed by atoms with Crippen molar-refractivity contribution in [2.75, 3.05) is 17.8 Å². The maximum atomic E-state index is 11.9. The molecular formula is C12H24N2OS2. The summed E-state index contributed by atoms with van der Waals surface area (Å²) < 4.78 is 0. The van der Waals surface area contributed by atoms with E-state index >= 15 is 0 Å². The van der Waals surface area contributed by atoms with Crippen LogP contribution in [0.15, 0.2) is 0 Å². The van der Waals surface area contributed by atoms with Crippen LogP contribution in [-0.2, 0) is 4.79 Å². The Morgan fingerprint density at radius 2 is 2.29 bits per heavy atom. The van der Waals surface area contributed by atoms with E-state index < -0.39 is 0 Å². The quantitative estimate of drug-likeness (QED) is 0.745. The van der Waals surface area contributed by atoms with Gasteiger partial charge in [0.1, 0.15) is 0 Å². The monoisotopic (exact) mass is 276 g/mol. The van der Waals surface area contributed by atoms with E-state index in [-0.39, 0.29) is 11.9 Å². The first-order valence-corrected chi connectivity index (χ1v) is 8.79. The van der Waals surface area contributed by atoms with E-state index in [9.17, 15) is 4.79 Å². The van der Waals surface area contributed by atoms with Crippen molar-refractivity contribution in [2.45, 2.75) is 49.9 Å². The number of hydrogen-bond acceptors (Lipinski definition) is 4. The van der Waals surface area contributed by atoms with Crippen molar-refractivity contribution in [1.82, 2.24) is 5.32 Å². The average Bonchev–Trinajstić information content (AvgIpc) is 2.74. The third-order valence-electron chi connectivity index (χ3n) is 3.13. The fourth-order valence-corrected chi connectivity index (χ4v) is 3.86. The summed E-state index contributed by atoms with van der Waals surface area (Å²) in [6.45, 7) is 2.17. The van der Waals surface area contributed by atoms with Crippen LogP contribution in [-0.4, -0.2) is 41.0 Å². The Labute approximate surface area is 113 Å². The summed E-state index contributed by atoms with van der Waals surface area (Å²) in [5, 5.41) is 3.72. The molecule has 0 spiro atoms. The SMILES string of the molecule is CCSC1CCCC1NC(=O)[C@@H](N)CCSC. The Hall–Kier alpha value is 0.130. The van der Waals surface area contributed by atoms with Crippen LogP contribution >= 0.6 is 23.5 Å². The van der Waals surface area contributed by atoms with Gasteiger partial charge in [-0.2, -0.15) is 23.5 Å². The highest BCUT2D eigenvalue weighted by atomic mass is 32.2. The van der Waals surface area contributed by atoms with Gasteiger partial charge in [-0.25, -0.2) is 0 Å². The lowest BCUT2D eigenvalue weighted by molar-refractivity contribution is -0.123. The lowest BCUT2D eigenvalue weighted by atomic mass is 10.2. The molecule has 0 saturated heterocycles. The zero-order valence-electron chi connectivity index (χ0n) is 10.8. The van der Waals surface area contributed by atoms with Crippen LogP contribution in [0.4, 0.5) is 0 Å². The molecule has 100 valence electrons. The van der Waals surface area contributed by atoms with E-state index in [4.69, 9.17) is 5.73 Å². The average molecular weight is 276 g/mol. The van der Waals surface area contributed by atoms with Gasteiger partial charge in [0.15, 0.2) is 0 Å². The number of hydrogen-bond donors (Lipinski definition) is 2. The van der Waals surface area contributed by atoms with Crippen LogP contribution in [0.25, 0.3) is 0 Å². The number of nitrogens with two attached hydrogens (primary N) is 1. The van der Waals surface area contributed by atoms with Gasteiger partial charge in [0.2, 0.25) is 5.91 Å². The molecule has 3 nitrogen and oxygen atoms in total. The Bertz CT molecular complexity index is 239. The van der Waals surface area contributed by atoms with Gasteiger partial charge >= 0.3 is 0 Å². The smallest absolute Gasteiger partial charge is 0.237 e. The minimum absolute atomic E-state index is 0.0349. The third-order valence-corrected chi connectivity index (χ3v) is 5.10. The van der Waals surface area contributed by atoms with E-state index in [1.165, 1.54) is 12.8 Å². The number of carbonyl (C=O) groups excluding carboxylic acids is 1. The summed E-state index contributed by atoms with van der Waals surface area (Å²) >= 11 is 3.69. The molecule has 1 fully saturated rings. The second kappa shape index (κ2) is 8.27. The molecule has 0 aromatic heterocycles. The van der Waals surface area contributed by atoms with Crippen molar-refractivity contribution in [3.05, 3.63) is 0 Å². The van der Waals surface area contributed by atoms with E-state index in [0.717, 1.165) is 24.3 Å². The molecule has 2 unspecified atom stereocenters. The van der Waals surface area contributed by atoms with Gasteiger partial charge < -0.3 is 11.1 Å². The molecule has 1 amide bonds. The number of amides is 1. The van der Waals surface area contributed by atoms with E-state index in [2.05, 4.69) is 12.2 Å². The van der Waals surface area contributed by atoms with Crippen molar-refractivity contribution >= 4 is 29.4 Å². The number of carbonyl (C=O) groups is 1. The predicted octanol–water partition coefficient (Wildman–Crippen LogP) is 1.86. The van der Waals surface area contributed by atoms with Crippen molar-refractivity contribution in [2.24, 2.45) is 5.73 Å². The van der Waals surface area contributed by atoms with Gasteiger partial charge in [0, 0.05) is 11.3 Å². The van der Waals surface area contributed by atoms with Crippen molar-refractivity contribution in [3.8, 4) is 0 Å². The fraction of sp³-hybridized carbons (Fsp3) is 0.917. The molecule has 0 aliphatic heterocycles. The first-order valence-electron chi connectivity index (χ1n) is 6.35. The zero-order chi connectivity index (χ0) is 12.7. The largest absolute Gasteiger partial charge is 0.351 e. The minimum atomic E-state index is -0.338. The molecule has 3 atom stereocenters. The highest BCUT2D eigenvalue weighted by Gasteiger charge is 2.29. The number of thioether (sulfide) groups is 2. The maximum Gasteiger partial charge on any atom is 0.237 e. The molecule has 0 bridgehead atoms. The first-order chi connectivity index (χ1) is 8.19. The van der Waals surface area contributed by atoms with Crippen LogP contribution in [0.1, 0.15) is 32.6 Å². The van der Waals surface area contributed by atoms with Gasteiger partial charge in [-0.15, -0.1) is 0 Å². The second-order valence-electron chi connectivity index (χ2n) is 4.43. The standard InChI is InChI=1S/C12H24N2OS2/c1-3-17-11-6-4-5-10(11)14-12(15)9(13)7-8-16-2/h9-11H,3-8,13H2,1-2H3,(H,14,15)/t9-,10?,11?/m0/s1. The molecule has 5 heteroatoms. The molecule has 3 N–H and O–H groups in total. The summed E-state index contributed by atoms with van der Waals surface area (Å²) in [6.07, 6.45) is 6.37. The topological polar surface area (TPSA) is 55.1 Å².